The van der Waals surface area contributed by atoms with Crippen LogP contribution in [-0.2, 0) is 4.79 Å². The summed E-state index contributed by atoms with van der Waals surface area (Å²) < 4.78 is 0. The highest BCUT2D eigenvalue weighted by Gasteiger charge is 2.24. The van der Waals surface area contributed by atoms with Crippen molar-refractivity contribution in [2.75, 3.05) is 18.0 Å². The molecule has 114 valence electrons. The number of hydrogen-bond acceptors (Lipinski definition) is 4. The summed E-state index contributed by atoms with van der Waals surface area (Å²) in [6.07, 6.45) is 0.948. The molecule has 2 heterocycles. The second-order valence-electron chi connectivity index (χ2n) is 5.69. The first-order chi connectivity index (χ1) is 10.6. The van der Waals surface area contributed by atoms with Gasteiger partial charge in [0.15, 0.2) is 5.82 Å². The lowest BCUT2D eigenvalue weighted by Crippen LogP contribution is -2.35. The van der Waals surface area contributed by atoms with E-state index >= 15 is 0 Å². The van der Waals surface area contributed by atoms with Gasteiger partial charge in [-0.05, 0) is 13.3 Å². The molecule has 0 radical (unpaired) electrons. The standard InChI is InChI=1S/C17H20N4O/c1-12-10-16(21-9-8-15(11-21)19-13(2)22)20-17(18-12)14-6-4-3-5-7-14/h3-7,10,15H,8-9,11H2,1-2H3,(H,19,22)/t15-/m1/s1. The third kappa shape index (κ3) is 3.24. The molecule has 0 aliphatic carbocycles. The number of aromatic nitrogens is 2. The van der Waals surface area contributed by atoms with Gasteiger partial charge in [-0.25, -0.2) is 9.97 Å². The van der Waals surface area contributed by atoms with Crippen molar-refractivity contribution >= 4 is 11.7 Å². The molecule has 0 spiro atoms. The fraction of sp³-hybridized carbons (Fsp3) is 0.353. The quantitative estimate of drug-likeness (QED) is 0.943. The van der Waals surface area contributed by atoms with Gasteiger partial charge in [0.25, 0.3) is 0 Å². The van der Waals surface area contributed by atoms with Gasteiger partial charge in [-0.15, -0.1) is 0 Å². The van der Waals surface area contributed by atoms with E-state index in [1.54, 1.807) is 6.92 Å². The smallest absolute Gasteiger partial charge is 0.217 e. The van der Waals surface area contributed by atoms with E-state index in [2.05, 4.69) is 15.2 Å². The molecular weight excluding hydrogens is 276 g/mol. The van der Waals surface area contributed by atoms with Crippen LogP contribution in [0.1, 0.15) is 19.0 Å². The fourth-order valence-corrected chi connectivity index (χ4v) is 2.80. The van der Waals surface area contributed by atoms with Crippen molar-refractivity contribution in [3.63, 3.8) is 0 Å². The second kappa shape index (κ2) is 6.13. The molecule has 22 heavy (non-hydrogen) atoms. The molecule has 2 aromatic rings. The van der Waals surface area contributed by atoms with Crippen molar-refractivity contribution in [1.82, 2.24) is 15.3 Å². The second-order valence-corrected chi connectivity index (χ2v) is 5.69. The van der Waals surface area contributed by atoms with Crippen molar-refractivity contribution in [1.29, 1.82) is 0 Å². The number of carbonyl (C=O) groups is 1. The van der Waals surface area contributed by atoms with Gasteiger partial charge in [0.1, 0.15) is 5.82 Å². The number of aryl methyl sites for hydroxylation is 1. The third-order valence-electron chi connectivity index (χ3n) is 3.79. The average Bonchev–Trinajstić information content (AvgIpc) is 2.95. The van der Waals surface area contributed by atoms with Crippen molar-refractivity contribution in [3.8, 4) is 11.4 Å². The molecule has 1 N–H and O–H groups in total. The SMILES string of the molecule is CC(=O)N[C@@H]1CCN(c2cc(C)nc(-c3ccccc3)n2)C1. The Morgan fingerprint density at radius 1 is 1.27 bits per heavy atom. The van der Waals surface area contributed by atoms with Crippen LogP contribution in [0.25, 0.3) is 11.4 Å². The van der Waals surface area contributed by atoms with Gasteiger partial charge in [0.2, 0.25) is 5.91 Å². The molecule has 0 bridgehead atoms. The van der Waals surface area contributed by atoms with Gasteiger partial charge >= 0.3 is 0 Å². The monoisotopic (exact) mass is 296 g/mol. The predicted octanol–water partition coefficient (Wildman–Crippen LogP) is 2.17. The first-order valence-electron chi connectivity index (χ1n) is 7.55. The van der Waals surface area contributed by atoms with Gasteiger partial charge < -0.3 is 10.2 Å². The Bertz CT molecular complexity index is 672. The number of hydrogen-bond donors (Lipinski definition) is 1. The Kier molecular flexibility index (Phi) is 4.04. The summed E-state index contributed by atoms with van der Waals surface area (Å²) in [5.41, 5.74) is 1.97. The first kappa shape index (κ1) is 14.5. The van der Waals surface area contributed by atoms with Gasteiger partial charge in [-0.2, -0.15) is 0 Å². The zero-order valence-electron chi connectivity index (χ0n) is 12.9. The van der Waals surface area contributed by atoms with Crippen LogP contribution in [0.4, 0.5) is 5.82 Å². The Labute approximate surface area is 130 Å². The van der Waals surface area contributed by atoms with E-state index in [1.807, 2.05) is 43.3 Å². The largest absolute Gasteiger partial charge is 0.354 e. The summed E-state index contributed by atoms with van der Waals surface area (Å²) in [5.74, 6) is 1.70. The number of rotatable bonds is 3. The Hall–Kier alpha value is -2.43. The van der Waals surface area contributed by atoms with Crippen LogP contribution in [0.3, 0.4) is 0 Å². The van der Waals surface area contributed by atoms with Crippen molar-refractivity contribution in [3.05, 3.63) is 42.1 Å². The predicted molar refractivity (Wildman–Crippen MR) is 86.6 cm³/mol. The highest BCUT2D eigenvalue weighted by Crippen LogP contribution is 2.23. The van der Waals surface area contributed by atoms with Gasteiger partial charge in [0.05, 0.1) is 0 Å². The minimum Gasteiger partial charge on any atom is -0.354 e. The summed E-state index contributed by atoms with van der Waals surface area (Å²) in [6.45, 7) is 5.24. The van der Waals surface area contributed by atoms with Gasteiger partial charge in [-0.1, -0.05) is 30.3 Å². The maximum Gasteiger partial charge on any atom is 0.217 e. The topological polar surface area (TPSA) is 58.1 Å². The van der Waals surface area contributed by atoms with Crippen LogP contribution in [-0.4, -0.2) is 35.0 Å². The van der Waals surface area contributed by atoms with Crippen LogP contribution in [0.2, 0.25) is 0 Å². The molecular formula is C17H20N4O. The van der Waals surface area contributed by atoms with Crippen molar-refractivity contribution in [2.24, 2.45) is 0 Å². The summed E-state index contributed by atoms with van der Waals surface area (Å²) in [6, 6.07) is 12.2. The lowest BCUT2D eigenvalue weighted by Gasteiger charge is -2.19. The maximum absolute atomic E-state index is 11.2. The Balaban J connectivity index is 1.83. The molecule has 1 fully saturated rings. The molecule has 0 saturated carbocycles. The van der Waals surface area contributed by atoms with E-state index in [0.717, 1.165) is 42.4 Å². The molecule has 1 aromatic carbocycles. The number of carbonyl (C=O) groups excluding carboxylic acids is 1. The third-order valence-corrected chi connectivity index (χ3v) is 3.79. The zero-order valence-corrected chi connectivity index (χ0v) is 12.9. The minimum atomic E-state index is 0.0238. The first-order valence-corrected chi connectivity index (χ1v) is 7.55. The molecule has 5 nitrogen and oxygen atoms in total. The van der Waals surface area contributed by atoms with E-state index in [-0.39, 0.29) is 11.9 Å². The van der Waals surface area contributed by atoms with Gasteiger partial charge in [0, 0.05) is 43.4 Å². The lowest BCUT2D eigenvalue weighted by molar-refractivity contribution is -0.119. The lowest BCUT2D eigenvalue weighted by atomic mass is 10.2. The summed E-state index contributed by atoms with van der Waals surface area (Å²) in [7, 11) is 0. The van der Waals surface area contributed by atoms with Crippen LogP contribution < -0.4 is 10.2 Å². The molecule has 3 rings (SSSR count). The number of anilines is 1. The molecule has 1 aliphatic rings. The highest BCUT2D eigenvalue weighted by molar-refractivity contribution is 5.73. The molecule has 1 saturated heterocycles. The Morgan fingerprint density at radius 3 is 2.77 bits per heavy atom. The van der Waals surface area contributed by atoms with E-state index in [9.17, 15) is 4.79 Å². The molecule has 1 atom stereocenters. The van der Waals surface area contributed by atoms with Crippen molar-refractivity contribution < 1.29 is 4.79 Å². The van der Waals surface area contributed by atoms with Crippen LogP contribution in [0.5, 0.6) is 0 Å². The summed E-state index contributed by atoms with van der Waals surface area (Å²) >= 11 is 0. The van der Waals surface area contributed by atoms with E-state index in [0.29, 0.717) is 0 Å². The van der Waals surface area contributed by atoms with Crippen LogP contribution in [0.15, 0.2) is 36.4 Å². The molecule has 0 unspecified atom stereocenters. The normalized spacial score (nSPS) is 17.5. The van der Waals surface area contributed by atoms with E-state index < -0.39 is 0 Å². The zero-order chi connectivity index (χ0) is 15.5. The molecule has 5 heteroatoms. The molecule has 1 aromatic heterocycles. The van der Waals surface area contributed by atoms with Gasteiger partial charge in [-0.3, -0.25) is 4.79 Å². The summed E-state index contributed by atoms with van der Waals surface area (Å²) in [5, 5.41) is 2.98. The molecule has 1 aliphatic heterocycles. The number of nitrogens with one attached hydrogen (secondary N) is 1. The van der Waals surface area contributed by atoms with Crippen molar-refractivity contribution in [2.45, 2.75) is 26.3 Å². The number of amides is 1. The fourth-order valence-electron chi connectivity index (χ4n) is 2.80. The average molecular weight is 296 g/mol. The minimum absolute atomic E-state index is 0.0238. The summed E-state index contributed by atoms with van der Waals surface area (Å²) in [4.78, 5) is 22.6. The van der Waals surface area contributed by atoms with E-state index in [1.165, 1.54) is 0 Å². The maximum atomic E-state index is 11.2. The number of nitrogens with zero attached hydrogens (tertiary/aromatic N) is 3. The van der Waals surface area contributed by atoms with Crippen LogP contribution >= 0.6 is 0 Å². The highest BCUT2D eigenvalue weighted by atomic mass is 16.1. The Morgan fingerprint density at radius 2 is 2.05 bits per heavy atom. The van der Waals surface area contributed by atoms with Crippen LogP contribution in [0, 0.1) is 6.92 Å². The molecule has 1 amide bonds. The number of benzene rings is 1. The van der Waals surface area contributed by atoms with E-state index in [4.69, 9.17) is 4.98 Å².